The lowest BCUT2D eigenvalue weighted by atomic mass is 10.3. The Labute approximate surface area is 183 Å². The fourth-order valence-corrected chi connectivity index (χ4v) is 2.35. The van der Waals surface area contributed by atoms with E-state index in [0.717, 1.165) is 0 Å². The summed E-state index contributed by atoms with van der Waals surface area (Å²) in [6.07, 6.45) is 0. The van der Waals surface area contributed by atoms with Crippen LogP contribution < -0.4 is 41.8 Å². The molecule has 0 saturated carbocycles. The average Bonchev–Trinajstić information content (AvgIpc) is 2.76. The lowest BCUT2D eigenvalue weighted by Gasteiger charge is -2.13. The van der Waals surface area contributed by atoms with Crippen LogP contribution in [0.15, 0.2) is 48.5 Å². The quantitative estimate of drug-likeness (QED) is 0.230. The van der Waals surface area contributed by atoms with E-state index in [-0.39, 0.29) is 10.2 Å². The average molecular weight is 449 g/mol. The summed E-state index contributed by atoms with van der Waals surface area (Å²) < 4.78 is 10.1. The van der Waals surface area contributed by atoms with E-state index in [1.807, 2.05) is 0 Å². The van der Waals surface area contributed by atoms with E-state index in [4.69, 9.17) is 33.9 Å². The van der Waals surface area contributed by atoms with Crippen LogP contribution in [0.3, 0.4) is 0 Å². The number of hydrazine groups is 2. The Morgan fingerprint density at radius 3 is 1.27 bits per heavy atom. The van der Waals surface area contributed by atoms with E-state index in [0.29, 0.717) is 22.9 Å². The number of anilines is 2. The van der Waals surface area contributed by atoms with Crippen molar-refractivity contribution in [1.29, 1.82) is 0 Å². The predicted octanol–water partition coefficient (Wildman–Crippen LogP) is 1.04. The molecule has 0 aromatic heterocycles. The predicted molar refractivity (Wildman–Crippen MR) is 121 cm³/mol. The molecule has 0 heterocycles. The summed E-state index contributed by atoms with van der Waals surface area (Å²) in [6.45, 7) is 0. The summed E-state index contributed by atoms with van der Waals surface area (Å²) in [6, 6.07) is 13.9. The summed E-state index contributed by atoms with van der Waals surface area (Å²) in [5.41, 5.74) is 10.5. The van der Waals surface area contributed by atoms with E-state index >= 15 is 0 Å². The second-order valence-electron chi connectivity index (χ2n) is 5.52. The number of nitrogens with one attached hydrogen (secondary N) is 6. The van der Waals surface area contributed by atoms with Gasteiger partial charge in [0.15, 0.2) is 10.2 Å². The molecule has 10 nitrogen and oxygen atoms in total. The van der Waals surface area contributed by atoms with Crippen molar-refractivity contribution in [3.05, 3.63) is 48.5 Å². The van der Waals surface area contributed by atoms with E-state index in [9.17, 15) is 9.59 Å². The molecule has 12 heteroatoms. The van der Waals surface area contributed by atoms with Crippen LogP contribution in [0.4, 0.5) is 11.4 Å². The van der Waals surface area contributed by atoms with Gasteiger partial charge >= 0.3 is 11.8 Å². The fraction of sp³-hybridized carbons (Fsp3) is 0.111. The number of benzene rings is 2. The SMILES string of the molecule is COc1ccc(NC(=S)NNC(=O)C(=O)NNC(=S)Nc2ccc(OC)cc2)cc1. The Morgan fingerprint density at radius 2 is 0.967 bits per heavy atom. The van der Waals surface area contributed by atoms with Crippen LogP contribution in [-0.4, -0.2) is 36.3 Å². The molecule has 158 valence electrons. The van der Waals surface area contributed by atoms with Crippen molar-refractivity contribution >= 4 is 57.8 Å². The molecule has 0 atom stereocenters. The second kappa shape index (κ2) is 11.4. The van der Waals surface area contributed by atoms with E-state index < -0.39 is 11.8 Å². The topological polar surface area (TPSA) is 125 Å². The minimum Gasteiger partial charge on any atom is -0.497 e. The van der Waals surface area contributed by atoms with E-state index in [1.165, 1.54) is 0 Å². The highest BCUT2D eigenvalue weighted by Crippen LogP contribution is 2.15. The molecule has 0 bridgehead atoms. The van der Waals surface area contributed by atoms with Crippen molar-refractivity contribution < 1.29 is 19.1 Å². The molecule has 0 unspecified atom stereocenters. The van der Waals surface area contributed by atoms with Gasteiger partial charge in [0.2, 0.25) is 0 Å². The van der Waals surface area contributed by atoms with Gasteiger partial charge in [0, 0.05) is 11.4 Å². The Kier molecular flexibility index (Phi) is 8.59. The number of carbonyl (C=O) groups excluding carboxylic acids is 2. The Morgan fingerprint density at radius 1 is 0.633 bits per heavy atom. The first-order valence-electron chi connectivity index (χ1n) is 8.43. The molecular formula is C18H20N6O4S2. The van der Waals surface area contributed by atoms with Crippen LogP contribution in [0.2, 0.25) is 0 Å². The zero-order valence-corrected chi connectivity index (χ0v) is 17.7. The Bertz CT molecular complexity index is 830. The molecule has 2 aromatic carbocycles. The molecule has 0 fully saturated rings. The van der Waals surface area contributed by atoms with Gasteiger partial charge in [-0.3, -0.25) is 31.3 Å². The van der Waals surface area contributed by atoms with Crippen LogP contribution in [0.5, 0.6) is 11.5 Å². The van der Waals surface area contributed by atoms with Gasteiger partial charge in [-0.15, -0.1) is 0 Å². The second-order valence-corrected chi connectivity index (χ2v) is 6.34. The van der Waals surface area contributed by atoms with E-state index in [1.54, 1.807) is 62.8 Å². The maximum atomic E-state index is 11.8. The molecule has 2 rings (SSSR count). The van der Waals surface area contributed by atoms with Crippen LogP contribution in [0.25, 0.3) is 0 Å². The molecule has 0 radical (unpaired) electrons. The molecule has 0 aliphatic rings. The van der Waals surface area contributed by atoms with Gasteiger partial charge in [0.25, 0.3) is 0 Å². The third-order valence-electron chi connectivity index (χ3n) is 3.48. The van der Waals surface area contributed by atoms with Gasteiger partial charge in [-0.05, 0) is 73.0 Å². The molecular weight excluding hydrogens is 428 g/mol. The molecule has 2 aromatic rings. The molecule has 0 saturated heterocycles. The van der Waals surface area contributed by atoms with Crippen molar-refractivity contribution in [3.63, 3.8) is 0 Å². The van der Waals surface area contributed by atoms with Gasteiger partial charge in [0.1, 0.15) is 11.5 Å². The monoisotopic (exact) mass is 448 g/mol. The lowest BCUT2D eigenvalue weighted by Crippen LogP contribution is -2.53. The fourth-order valence-electron chi connectivity index (χ4n) is 2.01. The van der Waals surface area contributed by atoms with Crippen molar-refractivity contribution in [2.45, 2.75) is 0 Å². The number of hydrogen-bond donors (Lipinski definition) is 6. The van der Waals surface area contributed by atoms with Crippen molar-refractivity contribution in [3.8, 4) is 11.5 Å². The standard InChI is InChI=1S/C18H20N6O4S2/c1-27-13-7-3-11(4-8-13)19-17(29)23-21-15(25)16(26)22-24-18(30)20-12-5-9-14(28-2)10-6-12/h3-10H,1-2H3,(H,21,25)(H,22,26)(H2,19,23,29)(H2,20,24,30). The third kappa shape index (κ3) is 7.41. The highest BCUT2D eigenvalue weighted by atomic mass is 32.1. The summed E-state index contributed by atoms with van der Waals surface area (Å²) >= 11 is 10.1. The van der Waals surface area contributed by atoms with Crippen LogP contribution >= 0.6 is 24.4 Å². The van der Waals surface area contributed by atoms with Gasteiger partial charge in [-0.1, -0.05) is 0 Å². The first-order chi connectivity index (χ1) is 14.4. The smallest absolute Gasteiger partial charge is 0.329 e. The normalized spacial score (nSPS) is 9.53. The number of methoxy groups -OCH3 is 2. The summed E-state index contributed by atoms with van der Waals surface area (Å²) in [7, 11) is 3.12. The van der Waals surface area contributed by atoms with Gasteiger partial charge in [-0.2, -0.15) is 0 Å². The molecule has 30 heavy (non-hydrogen) atoms. The number of rotatable bonds is 4. The molecule has 0 spiro atoms. The van der Waals surface area contributed by atoms with E-state index in [2.05, 4.69) is 32.3 Å². The summed E-state index contributed by atoms with van der Waals surface area (Å²) in [4.78, 5) is 23.6. The number of thiocarbonyl (C=S) groups is 2. The number of carbonyl (C=O) groups is 2. The lowest BCUT2D eigenvalue weighted by molar-refractivity contribution is -0.139. The van der Waals surface area contributed by atoms with Crippen LogP contribution in [0.1, 0.15) is 0 Å². The number of hydrogen-bond acceptors (Lipinski definition) is 6. The number of ether oxygens (including phenoxy) is 2. The molecule has 0 aliphatic carbocycles. The largest absolute Gasteiger partial charge is 0.497 e. The van der Waals surface area contributed by atoms with Gasteiger partial charge in [-0.25, -0.2) is 0 Å². The van der Waals surface area contributed by atoms with Gasteiger partial charge < -0.3 is 20.1 Å². The zero-order valence-electron chi connectivity index (χ0n) is 16.1. The highest BCUT2D eigenvalue weighted by Gasteiger charge is 2.13. The van der Waals surface area contributed by atoms with Crippen molar-refractivity contribution in [2.24, 2.45) is 0 Å². The molecule has 0 aliphatic heterocycles. The maximum absolute atomic E-state index is 11.8. The Hall–Kier alpha value is -3.64. The van der Waals surface area contributed by atoms with Crippen molar-refractivity contribution in [1.82, 2.24) is 21.7 Å². The minimum atomic E-state index is -0.978. The summed E-state index contributed by atoms with van der Waals surface area (Å²) in [5.74, 6) is -0.574. The van der Waals surface area contributed by atoms with Gasteiger partial charge in [0.05, 0.1) is 14.2 Å². The van der Waals surface area contributed by atoms with Crippen molar-refractivity contribution in [2.75, 3.05) is 24.9 Å². The minimum absolute atomic E-state index is 0.0889. The highest BCUT2D eigenvalue weighted by molar-refractivity contribution is 7.80. The zero-order chi connectivity index (χ0) is 21.9. The maximum Gasteiger partial charge on any atom is 0.329 e. The summed E-state index contributed by atoms with van der Waals surface area (Å²) in [5, 5.41) is 5.85. The molecule has 2 amide bonds. The van der Waals surface area contributed by atoms with Crippen LogP contribution in [-0.2, 0) is 9.59 Å². The number of amides is 2. The molecule has 6 N–H and O–H groups in total. The Balaban J connectivity index is 1.69. The third-order valence-corrected chi connectivity index (χ3v) is 3.89. The van der Waals surface area contributed by atoms with Crippen LogP contribution in [0, 0.1) is 0 Å². The first-order valence-corrected chi connectivity index (χ1v) is 9.25. The first kappa shape index (κ1) is 22.6.